The fraction of sp³-hybridized carbons (Fsp3) is 0.429. The predicted octanol–water partition coefficient (Wildman–Crippen LogP) is -3.91. The number of allylic oxidation sites excluding steroid dienone is 4. The summed E-state index contributed by atoms with van der Waals surface area (Å²) in [5, 5.41) is 0. The third-order valence-electron chi connectivity index (χ3n) is 1.15. The van der Waals surface area contributed by atoms with Gasteiger partial charge in [-0.25, -0.2) is 11.6 Å². The second-order valence-electron chi connectivity index (χ2n) is 1.66. The van der Waals surface area contributed by atoms with E-state index in [9.17, 15) is 0 Å². The summed E-state index contributed by atoms with van der Waals surface area (Å²) >= 11 is 0. The van der Waals surface area contributed by atoms with Crippen molar-refractivity contribution >= 4 is 0 Å². The quantitative estimate of drug-likeness (QED) is 0.338. The van der Waals surface area contributed by atoms with Crippen molar-refractivity contribution in [2.24, 2.45) is 0 Å². The topological polar surface area (TPSA) is 0 Å². The van der Waals surface area contributed by atoms with Crippen molar-refractivity contribution in [2.75, 3.05) is 0 Å². The summed E-state index contributed by atoms with van der Waals surface area (Å²) in [6, 6.07) is 0. The van der Waals surface area contributed by atoms with Gasteiger partial charge in [0.2, 0.25) is 0 Å². The van der Waals surface area contributed by atoms with Crippen molar-refractivity contribution < 1.29 is 50.7 Å². The Morgan fingerprint density at radius 3 is 2.30 bits per heavy atom. The molecule has 0 unspecified atom stereocenters. The maximum absolute atomic E-state index is 3.21. The summed E-state index contributed by atoms with van der Waals surface area (Å²) in [4.78, 5) is 0. The molecular weight excluding hydrogens is 333 g/mol. The molecule has 0 amide bonds. The molecule has 1 aliphatic rings. The van der Waals surface area contributed by atoms with Crippen molar-refractivity contribution in [3.8, 4) is 0 Å². The average Bonchev–Trinajstić information content (AvgIpc) is 2.14. The van der Waals surface area contributed by atoms with Gasteiger partial charge in [-0.15, -0.1) is 6.42 Å². The van der Waals surface area contributed by atoms with Crippen molar-refractivity contribution in [3.63, 3.8) is 0 Å². The normalized spacial score (nSPS) is 12.3. The van der Waals surface area contributed by atoms with E-state index in [0.717, 1.165) is 12.8 Å². The molecule has 1 aliphatic carbocycles. The summed E-state index contributed by atoms with van der Waals surface area (Å²) in [5.41, 5.74) is 1.36. The van der Waals surface area contributed by atoms with Crippen molar-refractivity contribution in [2.45, 2.75) is 19.8 Å². The van der Waals surface area contributed by atoms with E-state index < -0.39 is 0 Å². The molecule has 0 atom stereocenters. The standard InChI is InChI=1S/C7H9.2ClH.Hf/c1-2-7-5-3-4-6-7;;;/h3,5H,2,4H2,1H3;2*1H;/q-1;;;/p-2. The minimum atomic E-state index is 0. The van der Waals surface area contributed by atoms with Crippen LogP contribution in [-0.2, 0) is 25.8 Å². The summed E-state index contributed by atoms with van der Waals surface area (Å²) in [6.45, 7) is 2.15. The van der Waals surface area contributed by atoms with Crippen LogP contribution in [0.5, 0.6) is 0 Å². The van der Waals surface area contributed by atoms with Crippen LogP contribution >= 0.6 is 0 Å². The first kappa shape index (κ1) is 17.1. The van der Waals surface area contributed by atoms with Gasteiger partial charge in [0.15, 0.2) is 0 Å². The van der Waals surface area contributed by atoms with Gasteiger partial charge in [-0.05, 0) is 0 Å². The van der Waals surface area contributed by atoms with Gasteiger partial charge in [-0.2, -0.15) is 6.08 Å². The van der Waals surface area contributed by atoms with E-state index >= 15 is 0 Å². The van der Waals surface area contributed by atoms with E-state index in [0.29, 0.717) is 0 Å². The molecular formula is C7H9Cl2Hf-3. The first-order valence-electron chi connectivity index (χ1n) is 2.69. The van der Waals surface area contributed by atoms with Gasteiger partial charge in [-0.3, -0.25) is 6.08 Å². The molecule has 0 aliphatic heterocycles. The first-order valence-corrected chi connectivity index (χ1v) is 2.69. The van der Waals surface area contributed by atoms with E-state index in [1.165, 1.54) is 5.57 Å². The minimum absolute atomic E-state index is 0. The van der Waals surface area contributed by atoms with E-state index in [-0.39, 0.29) is 50.7 Å². The van der Waals surface area contributed by atoms with E-state index in [2.05, 4.69) is 25.2 Å². The minimum Gasteiger partial charge on any atom is -1.00 e. The van der Waals surface area contributed by atoms with Crippen LogP contribution in [0.15, 0.2) is 17.7 Å². The maximum Gasteiger partial charge on any atom is 0 e. The molecule has 3 heteroatoms. The Hall–Kier alpha value is 0.930. The molecule has 0 nitrogen and oxygen atoms in total. The molecule has 0 bridgehead atoms. The van der Waals surface area contributed by atoms with Gasteiger partial charge in [0, 0.05) is 25.8 Å². The Labute approximate surface area is 93.8 Å². The van der Waals surface area contributed by atoms with Crippen molar-refractivity contribution in [1.82, 2.24) is 0 Å². The number of halogens is 2. The molecule has 0 spiro atoms. The molecule has 0 radical (unpaired) electrons. The molecule has 10 heavy (non-hydrogen) atoms. The second kappa shape index (κ2) is 9.93. The Kier molecular flexibility index (Phi) is 17.0. The first-order chi connectivity index (χ1) is 3.43. The van der Waals surface area contributed by atoms with Crippen LogP contribution in [0.25, 0.3) is 0 Å². The van der Waals surface area contributed by atoms with Gasteiger partial charge < -0.3 is 24.8 Å². The number of hydrogen-bond donors (Lipinski definition) is 0. The van der Waals surface area contributed by atoms with Crippen LogP contribution in [0.1, 0.15) is 19.8 Å². The van der Waals surface area contributed by atoms with Crippen LogP contribution < -0.4 is 24.8 Å². The van der Waals surface area contributed by atoms with Crippen LogP contribution in [0.4, 0.5) is 0 Å². The summed E-state index contributed by atoms with van der Waals surface area (Å²) in [7, 11) is 0. The zero-order chi connectivity index (χ0) is 5.11. The molecule has 0 N–H and O–H groups in total. The zero-order valence-corrected chi connectivity index (χ0v) is 10.9. The Balaban J connectivity index is -0.000000163. The molecule has 0 heterocycles. The molecule has 0 saturated carbocycles. The zero-order valence-electron chi connectivity index (χ0n) is 5.82. The molecule has 58 valence electrons. The van der Waals surface area contributed by atoms with Gasteiger partial charge in [0.05, 0.1) is 0 Å². The third kappa shape index (κ3) is 5.70. The van der Waals surface area contributed by atoms with E-state index in [4.69, 9.17) is 0 Å². The van der Waals surface area contributed by atoms with Crippen LogP contribution in [0.3, 0.4) is 0 Å². The summed E-state index contributed by atoms with van der Waals surface area (Å²) in [5.74, 6) is 0. The molecule has 0 fully saturated rings. The van der Waals surface area contributed by atoms with Crippen molar-refractivity contribution in [1.29, 1.82) is 0 Å². The van der Waals surface area contributed by atoms with Gasteiger partial charge in [0.1, 0.15) is 0 Å². The van der Waals surface area contributed by atoms with Gasteiger partial charge in [0.25, 0.3) is 0 Å². The number of hydrogen-bond acceptors (Lipinski definition) is 0. The average molecular weight is 343 g/mol. The van der Waals surface area contributed by atoms with E-state index in [1.807, 2.05) is 0 Å². The summed E-state index contributed by atoms with van der Waals surface area (Å²) in [6.07, 6.45) is 9.65. The van der Waals surface area contributed by atoms with Crippen LogP contribution in [-0.4, -0.2) is 0 Å². The van der Waals surface area contributed by atoms with Gasteiger partial charge in [-0.1, -0.05) is 13.3 Å². The maximum atomic E-state index is 3.21. The van der Waals surface area contributed by atoms with Crippen molar-refractivity contribution in [3.05, 3.63) is 23.8 Å². The van der Waals surface area contributed by atoms with Gasteiger partial charge >= 0.3 is 0 Å². The Morgan fingerprint density at radius 1 is 1.50 bits per heavy atom. The summed E-state index contributed by atoms with van der Waals surface area (Å²) < 4.78 is 0. The smallest absolute Gasteiger partial charge is 0 e. The van der Waals surface area contributed by atoms with Crippen LogP contribution in [0.2, 0.25) is 0 Å². The fourth-order valence-corrected chi connectivity index (χ4v) is 0.693. The monoisotopic (exact) mass is 343 g/mol. The number of rotatable bonds is 1. The second-order valence-corrected chi connectivity index (χ2v) is 1.66. The molecule has 0 aromatic rings. The molecule has 0 aromatic heterocycles. The SMILES string of the molecule is CCC1=[C-]CC=C1.[Cl-].[Cl-].[Hf]. The van der Waals surface area contributed by atoms with E-state index in [1.54, 1.807) is 0 Å². The molecule has 0 aromatic carbocycles. The molecule has 0 saturated heterocycles. The third-order valence-corrected chi connectivity index (χ3v) is 1.15. The Bertz CT molecular complexity index is 119. The van der Waals surface area contributed by atoms with Crippen LogP contribution in [0, 0.1) is 6.08 Å². The Morgan fingerprint density at radius 2 is 2.10 bits per heavy atom. The largest absolute Gasteiger partial charge is 1.00 e. The predicted molar refractivity (Wildman–Crippen MR) is 30.8 cm³/mol. The fourth-order valence-electron chi connectivity index (χ4n) is 0.693. The molecule has 1 rings (SSSR count).